The number of aromatic hydroxyl groups is 1. The smallest absolute Gasteiger partial charge is 0.408 e. The van der Waals surface area contributed by atoms with Gasteiger partial charge in [-0.2, -0.15) is 0 Å². The molecule has 0 bridgehead atoms. The van der Waals surface area contributed by atoms with E-state index in [1.165, 1.54) is 4.90 Å². The van der Waals surface area contributed by atoms with Crippen LogP contribution in [0.5, 0.6) is 5.75 Å². The number of benzene rings is 2. The number of rotatable bonds is 11. The fourth-order valence-corrected chi connectivity index (χ4v) is 4.34. The van der Waals surface area contributed by atoms with Crippen LogP contribution in [0.15, 0.2) is 36.4 Å². The molecule has 10 heteroatoms. The number of phenols is 1. The lowest BCUT2D eigenvalue weighted by Gasteiger charge is -2.34. The molecular formula is C29H40ClN3O6. The fraction of sp³-hybridized carbons (Fsp3) is 0.483. The van der Waals surface area contributed by atoms with Gasteiger partial charge in [-0.05, 0) is 58.2 Å². The van der Waals surface area contributed by atoms with Crippen LogP contribution in [-0.2, 0) is 14.3 Å². The summed E-state index contributed by atoms with van der Waals surface area (Å²) >= 11 is 6.37. The molecule has 0 aliphatic rings. The number of carbonyl (C=O) groups is 3. The summed E-state index contributed by atoms with van der Waals surface area (Å²) in [6.45, 7) is 9.92. The summed E-state index contributed by atoms with van der Waals surface area (Å²) < 4.78 is 5.27. The SMILES string of the molecule is CCCCCN(C(=O)C(CO)NC(=O)OC(C)(C)C)C(C(=O)Nc1c(C)cccc1Cl)c1cccc(C)c1O. The number of aryl methyl sites for hydroxylation is 2. The lowest BCUT2D eigenvalue weighted by atomic mass is 9.98. The largest absolute Gasteiger partial charge is 0.507 e. The number of aliphatic hydroxyl groups is 1. The predicted molar refractivity (Wildman–Crippen MR) is 152 cm³/mol. The van der Waals surface area contributed by atoms with Gasteiger partial charge >= 0.3 is 6.09 Å². The van der Waals surface area contributed by atoms with Gasteiger partial charge < -0.3 is 30.5 Å². The van der Waals surface area contributed by atoms with Gasteiger partial charge in [0.1, 0.15) is 23.4 Å². The Balaban J connectivity index is 2.58. The predicted octanol–water partition coefficient (Wildman–Crippen LogP) is 5.25. The Labute approximate surface area is 235 Å². The first-order valence-corrected chi connectivity index (χ1v) is 13.4. The monoisotopic (exact) mass is 561 g/mol. The normalized spacial score (nSPS) is 12.8. The average Bonchev–Trinajstić information content (AvgIpc) is 2.85. The highest BCUT2D eigenvalue weighted by molar-refractivity contribution is 6.34. The zero-order valence-corrected chi connectivity index (χ0v) is 24.3. The zero-order chi connectivity index (χ0) is 29.3. The van der Waals surface area contributed by atoms with Crippen LogP contribution in [0.25, 0.3) is 0 Å². The van der Waals surface area contributed by atoms with Gasteiger partial charge in [0.15, 0.2) is 0 Å². The van der Waals surface area contributed by atoms with Crippen LogP contribution in [0.2, 0.25) is 5.02 Å². The van der Waals surface area contributed by atoms with E-state index in [-0.39, 0.29) is 17.9 Å². The summed E-state index contributed by atoms with van der Waals surface area (Å²) in [4.78, 5) is 41.5. The molecule has 2 unspecified atom stereocenters. The summed E-state index contributed by atoms with van der Waals surface area (Å²) in [5.41, 5.74) is 0.998. The molecule has 2 aromatic rings. The molecule has 4 N–H and O–H groups in total. The van der Waals surface area contributed by atoms with Crippen LogP contribution < -0.4 is 10.6 Å². The van der Waals surface area contributed by atoms with Crippen molar-refractivity contribution in [3.63, 3.8) is 0 Å². The molecule has 2 atom stereocenters. The molecule has 2 aromatic carbocycles. The van der Waals surface area contributed by atoms with Crippen molar-refractivity contribution in [1.82, 2.24) is 10.2 Å². The number of nitrogens with zero attached hydrogens (tertiary/aromatic N) is 1. The molecule has 214 valence electrons. The molecule has 39 heavy (non-hydrogen) atoms. The van der Waals surface area contributed by atoms with Crippen LogP contribution in [0.3, 0.4) is 0 Å². The second-order valence-electron chi connectivity index (χ2n) is 10.5. The van der Waals surface area contributed by atoms with E-state index in [4.69, 9.17) is 16.3 Å². The van der Waals surface area contributed by atoms with Crippen LogP contribution in [0.1, 0.15) is 69.7 Å². The Morgan fingerprint density at radius 2 is 1.69 bits per heavy atom. The highest BCUT2D eigenvalue weighted by Crippen LogP contribution is 2.34. The zero-order valence-electron chi connectivity index (χ0n) is 23.5. The number of carbonyl (C=O) groups excluding carboxylic acids is 3. The van der Waals surface area contributed by atoms with Gasteiger partial charge in [-0.3, -0.25) is 9.59 Å². The highest BCUT2D eigenvalue weighted by atomic mass is 35.5. The molecule has 0 heterocycles. The Kier molecular flexibility index (Phi) is 11.6. The Morgan fingerprint density at radius 3 is 2.28 bits per heavy atom. The first-order chi connectivity index (χ1) is 18.3. The maximum Gasteiger partial charge on any atom is 0.408 e. The van der Waals surface area contributed by atoms with Gasteiger partial charge in [0, 0.05) is 12.1 Å². The summed E-state index contributed by atoms with van der Waals surface area (Å²) in [6, 6.07) is 7.45. The van der Waals surface area contributed by atoms with E-state index in [1.807, 2.05) is 6.92 Å². The maximum absolute atomic E-state index is 13.9. The molecule has 0 saturated carbocycles. The first kappa shape index (κ1) is 31.9. The van der Waals surface area contributed by atoms with Crippen molar-refractivity contribution in [3.8, 4) is 5.75 Å². The van der Waals surface area contributed by atoms with E-state index >= 15 is 0 Å². The molecule has 2 rings (SSSR count). The quantitative estimate of drug-likeness (QED) is 0.277. The average molecular weight is 562 g/mol. The lowest BCUT2D eigenvalue weighted by Crippen LogP contribution is -2.54. The van der Waals surface area contributed by atoms with Crippen molar-refractivity contribution in [2.45, 2.75) is 78.5 Å². The number of nitrogens with one attached hydrogen (secondary N) is 2. The van der Waals surface area contributed by atoms with Crippen molar-refractivity contribution in [3.05, 3.63) is 58.1 Å². The third-order valence-electron chi connectivity index (χ3n) is 6.05. The van der Waals surface area contributed by atoms with Crippen molar-refractivity contribution >= 4 is 35.2 Å². The van der Waals surface area contributed by atoms with Crippen molar-refractivity contribution in [2.75, 3.05) is 18.5 Å². The number of aliphatic hydroxyl groups excluding tert-OH is 1. The number of ether oxygens (including phenoxy) is 1. The fourth-order valence-electron chi connectivity index (χ4n) is 4.07. The standard InChI is InChI=1S/C29H40ClN3O6/c1-7-8-9-16-33(27(37)22(17-34)31-28(38)39-29(4,5)6)24(20-14-10-13-19(3)25(20)35)26(36)32-23-18(2)12-11-15-21(23)30/h10-15,22,24,34-35H,7-9,16-17H2,1-6H3,(H,31,38)(H,32,36). The van der Waals surface area contributed by atoms with Crippen LogP contribution in [0.4, 0.5) is 10.5 Å². The minimum absolute atomic E-state index is 0.131. The molecule has 9 nitrogen and oxygen atoms in total. The number of unbranched alkanes of at least 4 members (excludes halogenated alkanes) is 2. The summed E-state index contributed by atoms with van der Waals surface area (Å²) in [6.07, 6.45) is 1.29. The summed E-state index contributed by atoms with van der Waals surface area (Å²) in [5.74, 6) is -1.44. The third kappa shape index (κ3) is 8.86. The molecule has 0 fully saturated rings. The molecule has 0 saturated heterocycles. The molecule has 0 spiro atoms. The third-order valence-corrected chi connectivity index (χ3v) is 6.37. The molecular weight excluding hydrogens is 522 g/mol. The van der Waals surface area contributed by atoms with Crippen LogP contribution in [-0.4, -0.2) is 57.8 Å². The van der Waals surface area contributed by atoms with Crippen LogP contribution in [0, 0.1) is 13.8 Å². The Hall–Kier alpha value is -3.30. The Bertz CT molecular complexity index is 1140. The van der Waals surface area contributed by atoms with Gasteiger partial charge in [0.2, 0.25) is 5.91 Å². The van der Waals surface area contributed by atoms with Gasteiger partial charge in [-0.1, -0.05) is 61.7 Å². The molecule has 0 radical (unpaired) electrons. The van der Waals surface area contributed by atoms with Crippen molar-refractivity contribution in [1.29, 1.82) is 0 Å². The molecule has 0 aliphatic heterocycles. The highest BCUT2D eigenvalue weighted by Gasteiger charge is 2.37. The molecule has 0 aromatic heterocycles. The van der Waals surface area contributed by atoms with Crippen LogP contribution >= 0.6 is 11.6 Å². The topological polar surface area (TPSA) is 128 Å². The van der Waals surface area contributed by atoms with Gasteiger partial charge in [0.25, 0.3) is 5.91 Å². The first-order valence-electron chi connectivity index (χ1n) is 13.1. The molecule has 3 amide bonds. The second kappa shape index (κ2) is 14.2. The van der Waals surface area contributed by atoms with E-state index < -0.39 is 42.2 Å². The number of phenolic OH excluding ortho intramolecular Hbond substituents is 1. The second-order valence-corrected chi connectivity index (χ2v) is 10.9. The van der Waals surface area contributed by atoms with Gasteiger partial charge in [-0.15, -0.1) is 0 Å². The number of alkyl carbamates (subject to hydrolysis) is 1. The van der Waals surface area contributed by atoms with Crippen molar-refractivity contribution < 1.29 is 29.3 Å². The number of para-hydroxylation sites is 2. The molecule has 0 aliphatic carbocycles. The number of hydrogen-bond acceptors (Lipinski definition) is 6. The van der Waals surface area contributed by atoms with E-state index in [2.05, 4.69) is 10.6 Å². The number of hydrogen-bond donors (Lipinski definition) is 4. The summed E-state index contributed by atoms with van der Waals surface area (Å²) in [7, 11) is 0. The maximum atomic E-state index is 13.9. The van der Waals surface area contributed by atoms with Crippen molar-refractivity contribution in [2.24, 2.45) is 0 Å². The number of halogens is 1. The van der Waals surface area contributed by atoms with E-state index in [1.54, 1.807) is 71.0 Å². The number of amides is 3. The number of anilines is 1. The van der Waals surface area contributed by atoms with E-state index in [0.717, 1.165) is 12.8 Å². The minimum atomic E-state index is -1.38. The van der Waals surface area contributed by atoms with E-state index in [9.17, 15) is 24.6 Å². The van der Waals surface area contributed by atoms with Gasteiger partial charge in [-0.25, -0.2) is 4.79 Å². The van der Waals surface area contributed by atoms with Gasteiger partial charge in [0.05, 0.1) is 17.3 Å². The lowest BCUT2D eigenvalue weighted by molar-refractivity contribution is -0.141. The minimum Gasteiger partial charge on any atom is -0.507 e. The summed E-state index contributed by atoms with van der Waals surface area (Å²) in [5, 5.41) is 26.6. The van der Waals surface area contributed by atoms with E-state index in [0.29, 0.717) is 28.3 Å². The Morgan fingerprint density at radius 1 is 1.05 bits per heavy atom.